The minimum atomic E-state index is 1.20. The highest BCUT2D eigenvalue weighted by Crippen LogP contribution is 2.18. The van der Waals surface area contributed by atoms with Crippen LogP contribution in [0, 0.1) is 0 Å². The summed E-state index contributed by atoms with van der Waals surface area (Å²) < 4.78 is 1.25. The first-order valence-corrected chi connectivity index (χ1v) is 12.2. The Balaban J connectivity index is 2.05. The smallest absolute Gasteiger partial charge is 0.104 e. The fourth-order valence-electron chi connectivity index (χ4n) is 4.28. The molecule has 1 nitrogen and oxygen atoms in total. The van der Waals surface area contributed by atoms with Gasteiger partial charge in [0.05, 0.1) is 19.6 Å². The van der Waals surface area contributed by atoms with Crippen molar-refractivity contribution in [1.82, 2.24) is 0 Å². The van der Waals surface area contributed by atoms with Crippen molar-refractivity contribution < 1.29 is 4.48 Å². The van der Waals surface area contributed by atoms with Crippen LogP contribution in [0.3, 0.4) is 0 Å². The number of quaternary nitrogens is 1. The molecule has 0 atom stereocenters. The first-order valence-electron chi connectivity index (χ1n) is 12.2. The highest BCUT2D eigenvalue weighted by Gasteiger charge is 2.22. The molecule has 0 bridgehead atoms. The van der Waals surface area contributed by atoms with Gasteiger partial charge in [-0.1, -0.05) is 108 Å². The van der Waals surface area contributed by atoms with E-state index in [-0.39, 0.29) is 0 Å². The summed E-state index contributed by atoms with van der Waals surface area (Å²) in [5.74, 6) is 0. The van der Waals surface area contributed by atoms with E-state index in [2.05, 4.69) is 51.1 Å². The van der Waals surface area contributed by atoms with Crippen LogP contribution in [-0.2, 0) is 6.54 Å². The van der Waals surface area contributed by atoms with E-state index < -0.39 is 0 Å². The van der Waals surface area contributed by atoms with Gasteiger partial charge in [-0.15, -0.1) is 0 Å². The molecule has 0 radical (unpaired) electrons. The molecule has 0 fully saturated rings. The first kappa shape index (κ1) is 24.2. The Morgan fingerprint density at radius 1 is 0.556 bits per heavy atom. The molecule has 0 saturated carbocycles. The average molecular weight is 375 g/mol. The van der Waals surface area contributed by atoms with Crippen molar-refractivity contribution in [2.45, 2.75) is 111 Å². The summed E-state index contributed by atoms with van der Waals surface area (Å²) in [5.41, 5.74) is 1.50. The van der Waals surface area contributed by atoms with Crippen LogP contribution in [-0.4, -0.2) is 24.1 Å². The maximum absolute atomic E-state index is 2.37. The van der Waals surface area contributed by atoms with Crippen LogP contribution in [0.4, 0.5) is 0 Å². The van der Waals surface area contributed by atoms with Gasteiger partial charge in [-0.25, -0.2) is 0 Å². The topological polar surface area (TPSA) is 0 Å². The van der Waals surface area contributed by atoms with Crippen molar-refractivity contribution in [3.63, 3.8) is 0 Å². The molecule has 0 amide bonds. The molecule has 1 aromatic carbocycles. The van der Waals surface area contributed by atoms with E-state index in [0.29, 0.717) is 0 Å². The lowest BCUT2D eigenvalue weighted by Gasteiger charge is -2.37. The number of benzene rings is 1. The fraction of sp³-hybridized carbons (Fsp3) is 0.769. The molecular formula is C26H48N+. The van der Waals surface area contributed by atoms with Gasteiger partial charge in [-0.05, 0) is 26.7 Å². The Kier molecular flexibility index (Phi) is 14.5. The number of unbranched alkanes of at least 4 members (excludes halogenated alkanes) is 12. The van der Waals surface area contributed by atoms with Crippen molar-refractivity contribution in [2.24, 2.45) is 0 Å². The summed E-state index contributed by atoms with van der Waals surface area (Å²) in [6, 6.07) is 11.1. The zero-order chi connectivity index (χ0) is 19.6. The molecule has 0 aliphatic heterocycles. The highest BCUT2D eigenvalue weighted by molar-refractivity contribution is 5.13. The van der Waals surface area contributed by atoms with Crippen molar-refractivity contribution in [2.75, 3.05) is 19.6 Å². The molecule has 0 aromatic heterocycles. The molecule has 1 heteroatoms. The second-order valence-electron chi connectivity index (χ2n) is 8.58. The van der Waals surface area contributed by atoms with Gasteiger partial charge in [0, 0.05) is 5.56 Å². The molecule has 0 heterocycles. The third kappa shape index (κ3) is 11.6. The SMILES string of the molecule is CCCCCCCCCCCCCCC[N+](CC)(CC)Cc1ccccc1. The van der Waals surface area contributed by atoms with Crippen LogP contribution < -0.4 is 0 Å². The minimum Gasteiger partial charge on any atom is -0.320 e. The molecule has 27 heavy (non-hydrogen) atoms. The molecule has 156 valence electrons. The summed E-state index contributed by atoms with van der Waals surface area (Å²) in [5, 5.41) is 0. The largest absolute Gasteiger partial charge is 0.320 e. The van der Waals surface area contributed by atoms with Crippen molar-refractivity contribution in [1.29, 1.82) is 0 Å². The molecule has 0 unspecified atom stereocenters. The molecule has 1 rings (SSSR count). The summed E-state index contributed by atoms with van der Waals surface area (Å²) in [7, 11) is 0. The van der Waals surface area contributed by atoms with Gasteiger partial charge in [0.1, 0.15) is 6.54 Å². The van der Waals surface area contributed by atoms with Gasteiger partial charge in [-0.2, -0.15) is 0 Å². The maximum atomic E-state index is 2.37. The molecular weight excluding hydrogens is 326 g/mol. The monoisotopic (exact) mass is 374 g/mol. The van der Waals surface area contributed by atoms with E-state index in [1.54, 1.807) is 0 Å². The lowest BCUT2D eigenvalue weighted by atomic mass is 10.0. The van der Waals surface area contributed by atoms with Gasteiger partial charge >= 0.3 is 0 Å². The van der Waals surface area contributed by atoms with Crippen LogP contribution in [0.5, 0.6) is 0 Å². The summed E-state index contributed by atoms with van der Waals surface area (Å²) in [4.78, 5) is 0. The number of hydrogen-bond donors (Lipinski definition) is 0. The van der Waals surface area contributed by atoms with Crippen LogP contribution in [0.1, 0.15) is 110 Å². The van der Waals surface area contributed by atoms with Gasteiger partial charge in [0.25, 0.3) is 0 Å². The number of hydrogen-bond acceptors (Lipinski definition) is 0. The van der Waals surface area contributed by atoms with Crippen molar-refractivity contribution >= 4 is 0 Å². The summed E-state index contributed by atoms with van der Waals surface area (Å²) in [6.45, 7) is 12.1. The Morgan fingerprint density at radius 3 is 1.44 bits per heavy atom. The Labute approximate surface area is 171 Å². The van der Waals surface area contributed by atoms with Gasteiger partial charge in [0.15, 0.2) is 0 Å². The standard InChI is InChI=1S/C26H48N/c1-4-7-8-9-10-11-12-13-14-15-16-17-21-24-27(5-2,6-3)25-26-22-19-18-20-23-26/h18-20,22-23H,4-17,21,24-25H2,1-3H3/q+1. The predicted molar refractivity (Wildman–Crippen MR) is 122 cm³/mol. The van der Waals surface area contributed by atoms with E-state index in [4.69, 9.17) is 0 Å². The molecule has 0 aliphatic rings. The lowest BCUT2D eigenvalue weighted by Crippen LogP contribution is -2.47. The summed E-state index contributed by atoms with van der Waals surface area (Å²) >= 11 is 0. The van der Waals surface area contributed by atoms with Crippen LogP contribution in [0.2, 0.25) is 0 Å². The molecule has 0 N–H and O–H groups in total. The summed E-state index contributed by atoms with van der Waals surface area (Å²) in [6.07, 6.45) is 18.7. The molecule has 0 aliphatic carbocycles. The van der Waals surface area contributed by atoms with Crippen LogP contribution in [0.15, 0.2) is 30.3 Å². The van der Waals surface area contributed by atoms with E-state index in [1.807, 2.05) is 0 Å². The van der Waals surface area contributed by atoms with Gasteiger partial charge in [-0.3, -0.25) is 0 Å². The van der Waals surface area contributed by atoms with E-state index >= 15 is 0 Å². The highest BCUT2D eigenvalue weighted by atomic mass is 15.3. The van der Waals surface area contributed by atoms with E-state index in [0.717, 1.165) is 0 Å². The van der Waals surface area contributed by atoms with Crippen LogP contribution >= 0.6 is 0 Å². The average Bonchev–Trinajstić information content (AvgIpc) is 2.71. The second-order valence-corrected chi connectivity index (χ2v) is 8.58. The van der Waals surface area contributed by atoms with Gasteiger partial charge < -0.3 is 4.48 Å². The fourth-order valence-corrected chi connectivity index (χ4v) is 4.28. The van der Waals surface area contributed by atoms with E-state index in [1.165, 1.54) is 120 Å². The Morgan fingerprint density at radius 2 is 1.00 bits per heavy atom. The number of nitrogens with zero attached hydrogens (tertiary/aromatic N) is 1. The first-order chi connectivity index (χ1) is 13.3. The molecule has 0 spiro atoms. The van der Waals surface area contributed by atoms with Crippen LogP contribution in [0.25, 0.3) is 0 Å². The number of rotatable bonds is 18. The molecule has 0 saturated heterocycles. The quantitative estimate of drug-likeness (QED) is 0.180. The maximum Gasteiger partial charge on any atom is 0.104 e. The Hall–Kier alpha value is -0.820. The predicted octanol–water partition coefficient (Wildman–Crippen LogP) is 8.13. The van der Waals surface area contributed by atoms with Gasteiger partial charge in [0.2, 0.25) is 0 Å². The Bertz CT molecular complexity index is 421. The van der Waals surface area contributed by atoms with E-state index in [9.17, 15) is 0 Å². The third-order valence-corrected chi connectivity index (χ3v) is 6.44. The van der Waals surface area contributed by atoms with Crippen molar-refractivity contribution in [3.8, 4) is 0 Å². The zero-order valence-corrected chi connectivity index (χ0v) is 18.9. The second kappa shape index (κ2) is 16.2. The third-order valence-electron chi connectivity index (χ3n) is 6.44. The zero-order valence-electron chi connectivity index (χ0n) is 18.9. The normalized spacial score (nSPS) is 11.8. The lowest BCUT2D eigenvalue weighted by molar-refractivity contribution is -0.938. The molecule has 1 aromatic rings. The minimum absolute atomic E-state index is 1.20. The van der Waals surface area contributed by atoms with Crippen molar-refractivity contribution in [3.05, 3.63) is 35.9 Å².